The van der Waals surface area contributed by atoms with Crippen molar-refractivity contribution in [3.05, 3.63) is 23.8 Å². The second kappa shape index (κ2) is 13.6. The van der Waals surface area contributed by atoms with Crippen molar-refractivity contribution in [2.75, 3.05) is 26.8 Å². The van der Waals surface area contributed by atoms with Gasteiger partial charge in [-0.1, -0.05) is 51.5 Å². The summed E-state index contributed by atoms with van der Waals surface area (Å²) in [7, 11) is 1.61. The SMILES string of the molecule is CCCCCCCCCN(Cc1ccc(OCCN)c(OC)c1)C(O)=S. The number of thiocarbonyl (C=S) groups is 1. The van der Waals surface area contributed by atoms with Crippen molar-refractivity contribution >= 4 is 17.4 Å². The lowest BCUT2D eigenvalue weighted by Gasteiger charge is -2.22. The van der Waals surface area contributed by atoms with Crippen LogP contribution in [-0.2, 0) is 6.54 Å². The predicted octanol–water partition coefficient (Wildman–Crippen LogP) is 4.43. The number of ether oxygens (including phenoxy) is 2. The molecular weight excluding hydrogens is 348 g/mol. The van der Waals surface area contributed by atoms with Gasteiger partial charge in [-0.15, -0.1) is 0 Å². The molecule has 0 saturated heterocycles. The zero-order valence-electron chi connectivity index (χ0n) is 16.2. The molecule has 0 spiro atoms. The summed E-state index contributed by atoms with van der Waals surface area (Å²) in [5.74, 6) is 1.34. The first-order chi connectivity index (χ1) is 12.6. The van der Waals surface area contributed by atoms with E-state index < -0.39 is 0 Å². The van der Waals surface area contributed by atoms with E-state index in [2.05, 4.69) is 6.92 Å². The van der Waals surface area contributed by atoms with Crippen LogP contribution in [0.2, 0.25) is 0 Å². The number of hydrogen-bond acceptors (Lipinski definition) is 4. The Morgan fingerprint density at radius 1 is 1.12 bits per heavy atom. The highest BCUT2D eigenvalue weighted by Gasteiger charge is 2.11. The van der Waals surface area contributed by atoms with E-state index in [0.717, 1.165) is 24.9 Å². The average Bonchev–Trinajstić information content (AvgIpc) is 2.64. The standard InChI is InChI=1S/C20H34N2O3S/c1-3-4-5-6-7-8-9-13-22(20(23)26)16-17-10-11-18(25-14-12-21)19(15-17)24-2/h10-11,15H,3-9,12-14,16,21H2,1-2H3,(H,23,26). The van der Waals surface area contributed by atoms with Gasteiger partial charge in [0.25, 0.3) is 5.17 Å². The Labute approximate surface area is 163 Å². The number of rotatable bonds is 14. The molecule has 0 bridgehead atoms. The van der Waals surface area contributed by atoms with Crippen LogP contribution in [0.15, 0.2) is 18.2 Å². The second-order valence-electron chi connectivity index (χ2n) is 6.45. The van der Waals surface area contributed by atoms with Crippen molar-refractivity contribution in [1.82, 2.24) is 4.90 Å². The Morgan fingerprint density at radius 2 is 1.81 bits per heavy atom. The maximum Gasteiger partial charge on any atom is 0.257 e. The Morgan fingerprint density at radius 3 is 2.42 bits per heavy atom. The number of methoxy groups -OCH3 is 1. The highest BCUT2D eigenvalue weighted by Crippen LogP contribution is 2.28. The topological polar surface area (TPSA) is 68.0 Å². The highest BCUT2D eigenvalue weighted by molar-refractivity contribution is 7.79. The van der Waals surface area contributed by atoms with Crippen LogP contribution < -0.4 is 15.2 Å². The minimum absolute atomic E-state index is 0.0570. The number of aliphatic hydroxyl groups excluding tert-OH is 1. The van der Waals surface area contributed by atoms with Crippen molar-refractivity contribution in [3.8, 4) is 11.5 Å². The van der Waals surface area contributed by atoms with Gasteiger partial charge >= 0.3 is 0 Å². The number of nitrogens with zero attached hydrogens (tertiary/aromatic N) is 1. The van der Waals surface area contributed by atoms with Crippen LogP contribution in [0.5, 0.6) is 11.5 Å². The molecule has 0 atom stereocenters. The van der Waals surface area contributed by atoms with E-state index in [1.807, 2.05) is 23.1 Å². The first-order valence-electron chi connectivity index (χ1n) is 9.60. The maximum atomic E-state index is 9.83. The molecule has 26 heavy (non-hydrogen) atoms. The van der Waals surface area contributed by atoms with Crippen molar-refractivity contribution < 1.29 is 14.6 Å². The second-order valence-corrected chi connectivity index (χ2v) is 6.81. The van der Waals surface area contributed by atoms with Gasteiger partial charge in [0.2, 0.25) is 0 Å². The van der Waals surface area contributed by atoms with Crippen LogP contribution >= 0.6 is 12.2 Å². The first-order valence-corrected chi connectivity index (χ1v) is 10.0. The van der Waals surface area contributed by atoms with Crippen molar-refractivity contribution in [2.45, 2.75) is 58.4 Å². The summed E-state index contributed by atoms with van der Waals surface area (Å²) >= 11 is 5.01. The Kier molecular flexibility index (Phi) is 11.8. The van der Waals surface area contributed by atoms with Gasteiger partial charge in [0.15, 0.2) is 11.5 Å². The normalized spacial score (nSPS) is 10.6. The smallest absolute Gasteiger partial charge is 0.257 e. The van der Waals surface area contributed by atoms with Crippen LogP contribution in [0.3, 0.4) is 0 Å². The largest absolute Gasteiger partial charge is 0.493 e. The fourth-order valence-electron chi connectivity index (χ4n) is 2.82. The lowest BCUT2D eigenvalue weighted by Crippen LogP contribution is -2.29. The fraction of sp³-hybridized carbons (Fsp3) is 0.650. The van der Waals surface area contributed by atoms with E-state index in [1.165, 1.54) is 32.1 Å². The van der Waals surface area contributed by atoms with Crippen LogP contribution in [0.4, 0.5) is 0 Å². The third-order valence-electron chi connectivity index (χ3n) is 4.28. The molecule has 0 aromatic heterocycles. The van der Waals surface area contributed by atoms with Gasteiger partial charge < -0.3 is 25.2 Å². The fourth-order valence-corrected chi connectivity index (χ4v) is 2.98. The number of aliphatic hydroxyl groups is 1. The van der Waals surface area contributed by atoms with Crippen LogP contribution in [-0.4, -0.2) is 42.0 Å². The van der Waals surface area contributed by atoms with Gasteiger partial charge in [-0.3, -0.25) is 0 Å². The highest BCUT2D eigenvalue weighted by atomic mass is 32.1. The lowest BCUT2D eigenvalue weighted by atomic mass is 10.1. The number of unbranched alkanes of at least 4 members (excludes halogenated alkanes) is 6. The van der Waals surface area contributed by atoms with Gasteiger partial charge in [0.1, 0.15) is 6.61 Å². The van der Waals surface area contributed by atoms with Crippen molar-refractivity contribution in [1.29, 1.82) is 0 Å². The third-order valence-corrected chi connectivity index (χ3v) is 4.54. The summed E-state index contributed by atoms with van der Waals surface area (Å²) in [6, 6.07) is 5.75. The minimum atomic E-state index is -0.0570. The lowest BCUT2D eigenvalue weighted by molar-refractivity contribution is 0.301. The van der Waals surface area contributed by atoms with E-state index in [4.69, 9.17) is 27.4 Å². The molecule has 0 aliphatic heterocycles. The molecule has 0 amide bonds. The minimum Gasteiger partial charge on any atom is -0.493 e. The predicted molar refractivity (Wildman–Crippen MR) is 111 cm³/mol. The van der Waals surface area contributed by atoms with E-state index in [0.29, 0.717) is 31.2 Å². The molecule has 6 heteroatoms. The van der Waals surface area contributed by atoms with Gasteiger partial charge in [-0.25, -0.2) is 0 Å². The number of benzene rings is 1. The van der Waals surface area contributed by atoms with Gasteiger partial charge in [-0.2, -0.15) is 0 Å². The summed E-state index contributed by atoms with van der Waals surface area (Å²) in [4.78, 5) is 1.83. The molecule has 1 aromatic rings. The third kappa shape index (κ3) is 8.72. The Bertz CT molecular complexity index is 526. The molecule has 148 valence electrons. The Balaban J connectivity index is 2.52. The van der Waals surface area contributed by atoms with Gasteiger partial charge in [0.05, 0.1) is 7.11 Å². The zero-order chi connectivity index (χ0) is 19.2. The molecule has 0 saturated carbocycles. The molecule has 1 rings (SSSR count). The average molecular weight is 383 g/mol. The van der Waals surface area contributed by atoms with Gasteiger partial charge in [-0.05, 0) is 36.3 Å². The molecular formula is C20H34N2O3S. The summed E-state index contributed by atoms with van der Waals surface area (Å²) < 4.78 is 11.0. The monoisotopic (exact) mass is 382 g/mol. The zero-order valence-corrected chi connectivity index (χ0v) is 17.0. The van der Waals surface area contributed by atoms with E-state index in [9.17, 15) is 5.11 Å². The Hall–Kier alpha value is -1.53. The molecule has 3 N–H and O–H groups in total. The first kappa shape index (κ1) is 22.5. The van der Waals surface area contributed by atoms with Crippen LogP contribution in [0, 0.1) is 0 Å². The summed E-state index contributed by atoms with van der Waals surface area (Å²) in [5, 5.41) is 9.77. The van der Waals surface area contributed by atoms with Crippen molar-refractivity contribution in [2.24, 2.45) is 5.73 Å². The molecule has 0 unspecified atom stereocenters. The summed E-state index contributed by atoms with van der Waals surface area (Å²) in [6.07, 6.45) is 8.63. The molecule has 0 fully saturated rings. The summed E-state index contributed by atoms with van der Waals surface area (Å²) in [6.45, 7) is 4.44. The van der Waals surface area contributed by atoms with Crippen LogP contribution in [0.1, 0.15) is 57.4 Å². The van der Waals surface area contributed by atoms with E-state index in [-0.39, 0.29) is 5.17 Å². The molecule has 0 aliphatic carbocycles. The van der Waals surface area contributed by atoms with E-state index in [1.54, 1.807) is 7.11 Å². The quantitative estimate of drug-likeness (QED) is 0.366. The van der Waals surface area contributed by atoms with E-state index >= 15 is 0 Å². The summed E-state index contributed by atoms with van der Waals surface area (Å²) in [5.41, 5.74) is 6.49. The van der Waals surface area contributed by atoms with Crippen LogP contribution in [0.25, 0.3) is 0 Å². The molecule has 0 radical (unpaired) electrons. The van der Waals surface area contributed by atoms with Crippen molar-refractivity contribution in [3.63, 3.8) is 0 Å². The molecule has 0 aliphatic rings. The number of hydrogen-bond donors (Lipinski definition) is 2. The molecule has 5 nitrogen and oxygen atoms in total. The molecule has 1 aromatic carbocycles. The maximum absolute atomic E-state index is 9.83. The molecule has 0 heterocycles. The number of nitrogens with two attached hydrogens (primary N) is 1. The van der Waals surface area contributed by atoms with Gasteiger partial charge in [0, 0.05) is 19.6 Å².